The summed E-state index contributed by atoms with van der Waals surface area (Å²) in [6.07, 6.45) is 2.14. The Labute approximate surface area is 194 Å². The fraction of sp³-hybridized carbons (Fsp3) is 0.273. The average Bonchev–Trinajstić information content (AvgIpc) is 3.27. The number of anilines is 1. The number of nitrogens with two attached hydrogens (primary N) is 1. The molecule has 3 amide bonds. The maximum atomic E-state index is 13.2. The van der Waals surface area contributed by atoms with Gasteiger partial charge in [0.1, 0.15) is 11.7 Å². The first-order chi connectivity index (χ1) is 15.8. The Morgan fingerprint density at radius 3 is 2.48 bits per heavy atom. The van der Waals surface area contributed by atoms with E-state index < -0.39 is 18.0 Å². The van der Waals surface area contributed by atoms with Gasteiger partial charge in [0.25, 0.3) is 5.91 Å². The Morgan fingerprint density at radius 1 is 1.15 bits per heavy atom. The lowest BCUT2D eigenvalue weighted by Crippen LogP contribution is -2.55. The molecule has 1 aromatic carbocycles. The number of aromatic amines is 1. The summed E-state index contributed by atoms with van der Waals surface area (Å²) < 4.78 is 0. The van der Waals surface area contributed by atoms with Crippen molar-refractivity contribution in [2.75, 3.05) is 31.1 Å². The van der Waals surface area contributed by atoms with Crippen LogP contribution in [0.4, 0.5) is 10.5 Å². The predicted molar refractivity (Wildman–Crippen MR) is 124 cm³/mol. The summed E-state index contributed by atoms with van der Waals surface area (Å²) in [5, 5.41) is 12.9. The van der Waals surface area contributed by atoms with Crippen LogP contribution in [0.5, 0.6) is 0 Å². The smallest absolute Gasteiger partial charge is 0.405 e. The molecular weight excluding hydrogens is 448 g/mol. The normalized spacial score (nSPS) is 14.8. The summed E-state index contributed by atoms with van der Waals surface area (Å²) >= 11 is 5.92. The number of carbonyl (C=O) groups excluding carboxylic acids is 2. The van der Waals surface area contributed by atoms with Gasteiger partial charge in [0.2, 0.25) is 5.91 Å². The lowest BCUT2D eigenvalue weighted by atomic mass is 10.0. The van der Waals surface area contributed by atoms with Crippen molar-refractivity contribution < 1.29 is 19.5 Å². The number of piperazine rings is 1. The van der Waals surface area contributed by atoms with Gasteiger partial charge in [-0.2, -0.15) is 0 Å². The van der Waals surface area contributed by atoms with Crippen molar-refractivity contribution in [1.29, 1.82) is 0 Å². The number of aromatic nitrogens is 2. The van der Waals surface area contributed by atoms with Gasteiger partial charge in [-0.15, -0.1) is 0 Å². The number of hydrogen-bond acceptors (Lipinski definition) is 5. The number of rotatable bonds is 6. The van der Waals surface area contributed by atoms with Gasteiger partial charge in [-0.1, -0.05) is 23.7 Å². The van der Waals surface area contributed by atoms with Crippen molar-refractivity contribution in [3.05, 3.63) is 58.9 Å². The summed E-state index contributed by atoms with van der Waals surface area (Å²) in [6.45, 7) is 1.64. The number of fused-ring (bicyclic) bond motifs is 1. The molecule has 1 saturated heterocycles. The lowest BCUT2D eigenvalue weighted by molar-refractivity contribution is -0.133. The third-order valence-electron chi connectivity index (χ3n) is 5.68. The molecule has 5 N–H and O–H groups in total. The number of pyridine rings is 1. The molecule has 1 atom stereocenters. The van der Waals surface area contributed by atoms with Crippen molar-refractivity contribution in [1.82, 2.24) is 20.2 Å². The number of halogens is 1. The Kier molecular flexibility index (Phi) is 6.36. The van der Waals surface area contributed by atoms with Crippen LogP contribution in [0.3, 0.4) is 0 Å². The zero-order chi connectivity index (χ0) is 23.5. The lowest BCUT2D eigenvalue weighted by Gasteiger charge is -2.38. The van der Waals surface area contributed by atoms with Crippen LogP contribution in [-0.2, 0) is 11.2 Å². The Morgan fingerprint density at radius 2 is 1.85 bits per heavy atom. The first-order valence-corrected chi connectivity index (χ1v) is 10.7. The van der Waals surface area contributed by atoms with Crippen LogP contribution >= 0.6 is 11.6 Å². The zero-order valence-corrected chi connectivity index (χ0v) is 18.4. The van der Waals surface area contributed by atoms with E-state index in [1.54, 1.807) is 35.4 Å². The molecular formula is C22H23ClN6O4. The highest BCUT2D eigenvalue weighted by Crippen LogP contribution is 2.30. The van der Waals surface area contributed by atoms with Gasteiger partial charge in [-0.25, -0.2) is 9.78 Å². The molecule has 3 aromatic rings. The van der Waals surface area contributed by atoms with E-state index in [2.05, 4.69) is 15.3 Å². The van der Waals surface area contributed by atoms with Crippen LogP contribution in [0.15, 0.2) is 42.7 Å². The monoisotopic (exact) mass is 470 g/mol. The molecule has 1 aliphatic heterocycles. The molecule has 0 saturated carbocycles. The molecule has 4 rings (SSSR count). The van der Waals surface area contributed by atoms with E-state index in [4.69, 9.17) is 17.3 Å². The van der Waals surface area contributed by atoms with E-state index in [9.17, 15) is 19.5 Å². The minimum Gasteiger partial charge on any atom is -0.465 e. The van der Waals surface area contributed by atoms with Crippen molar-refractivity contribution in [2.24, 2.45) is 5.73 Å². The summed E-state index contributed by atoms with van der Waals surface area (Å²) in [4.78, 5) is 47.4. The number of nitrogens with one attached hydrogen (secondary N) is 2. The highest BCUT2D eigenvalue weighted by molar-refractivity contribution is 6.30. The van der Waals surface area contributed by atoms with E-state index in [-0.39, 0.29) is 12.3 Å². The minimum atomic E-state index is -1.27. The molecule has 11 heteroatoms. The van der Waals surface area contributed by atoms with Crippen LogP contribution in [0.25, 0.3) is 11.0 Å². The molecule has 0 bridgehead atoms. The van der Waals surface area contributed by atoms with Gasteiger partial charge in [0, 0.05) is 55.4 Å². The molecule has 1 aliphatic rings. The molecule has 172 valence electrons. The topological polar surface area (TPSA) is 145 Å². The first-order valence-electron chi connectivity index (χ1n) is 10.4. The zero-order valence-electron chi connectivity index (χ0n) is 17.6. The number of nitrogens with zero attached hydrogens (tertiary/aromatic N) is 3. The molecule has 10 nitrogen and oxygen atoms in total. The van der Waals surface area contributed by atoms with E-state index >= 15 is 0 Å². The molecule has 1 fully saturated rings. The second kappa shape index (κ2) is 9.37. The largest absolute Gasteiger partial charge is 0.465 e. The van der Waals surface area contributed by atoms with Gasteiger partial charge < -0.3 is 30.9 Å². The number of primary amides is 1. The van der Waals surface area contributed by atoms with Crippen molar-refractivity contribution >= 4 is 46.2 Å². The number of H-pyrrole nitrogens is 1. The Balaban J connectivity index is 1.50. The van der Waals surface area contributed by atoms with Gasteiger partial charge in [-0.05, 0) is 23.8 Å². The number of carboxylic acid groups (broad SMARTS) is 1. The molecule has 0 spiro atoms. The molecule has 0 aliphatic carbocycles. The fourth-order valence-electron chi connectivity index (χ4n) is 4.09. The maximum Gasteiger partial charge on any atom is 0.405 e. The number of benzene rings is 1. The predicted octanol–water partition coefficient (Wildman–Crippen LogP) is 1.84. The summed E-state index contributed by atoms with van der Waals surface area (Å²) in [5.74, 6) is -0.878. The van der Waals surface area contributed by atoms with Crippen molar-refractivity contribution in [3.8, 4) is 0 Å². The maximum absolute atomic E-state index is 13.2. The number of hydrogen-bond donors (Lipinski definition) is 4. The number of amides is 3. The van der Waals surface area contributed by atoms with E-state index in [1.807, 2.05) is 11.0 Å². The second-order valence-corrected chi connectivity index (χ2v) is 8.21. The summed E-state index contributed by atoms with van der Waals surface area (Å²) in [7, 11) is 0. The van der Waals surface area contributed by atoms with Crippen LogP contribution < -0.4 is 16.0 Å². The van der Waals surface area contributed by atoms with E-state index in [0.717, 1.165) is 10.9 Å². The Hall–Kier alpha value is -3.79. The molecule has 2 aromatic heterocycles. The summed E-state index contributed by atoms with van der Waals surface area (Å²) in [6, 6.07) is 7.84. The van der Waals surface area contributed by atoms with Crippen molar-refractivity contribution in [3.63, 3.8) is 0 Å². The minimum absolute atomic E-state index is 0.211. The second-order valence-electron chi connectivity index (χ2n) is 7.77. The molecule has 1 unspecified atom stereocenters. The van der Waals surface area contributed by atoms with Crippen LogP contribution in [-0.4, -0.2) is 70.1 Å². The van der Waals surface area contributed by atoms with Crippen LogP contribution in [0, 0.1) is 0 Å². The molecule has 33 heavy (non-hydrogen) atoms. The first kappa shape index (κ1) is 22.4. The fourth-order valence-corrected chi connectivity index (χ4v) is 4.22. The molecule has 0 radical (unpaired) electrons. The average molecular weight is 471 g/mol. The van der Waals surface area contributed by atoms with Gasteiger partial charge >= 0.3 is 6.09 Å². The third-order valence-corrected chi connectivity index (χ3v) is 5.93. The van der Waals surface area contributed by atoms with Gasteiger partial charge in [-0.3, -0.25) is 9.59 Å². The van der Waals surface area contributed by atoms with Crippen LogP contribution in [0.2, 0.25) is 5.02 Å². The van der Waals surface area contributed by atoms with Crippen LogP contribution in [0.1, 0.15) is 15.9 Å². The highest BCUT2D eigenvalue weighted by atomic mass is 35.5. The number of carbonyl (C=O) groups is 3. The third kappa shape index (κ3) is 4.85. The summed E-state index contributed by atoms with van der Waals surface area (Å²) in [5.41, 5.74) is 8.01. The van der Waals surface area contributed by atoms with E-state index in [0.29, 0.717) is 48.1 Å². The SMILES string of the molecule is NC(=O)c1cnc2[nH]ccc2c1N1CCN(C(=O)C(Cc2ccc(Cl)cc2)NC(=O)O)CC1. The highest BCUT2D eigenvalue weighted by Gasteiger charge is 2.30. The van der Waals surface area contributed by atoms with Gasteiger partial charge in [0.15, 0.2) is 0 Å². The quantitative estimate of drug-likeness (QED) is 0.432. The standard InChI is InChI=1S/C22H23ClN6O4/c23-14-3-1-13(2-4-14)11-17(27-22(32)33)21(31)29-9-7-28(8-10-29)18-15-5-6-25-20(15)26-12-16(18)19(24)30/h1-6,12,17,27H,7-11H2,(H2,24,30)(H,25,26)(H,32,33). The Bertz CT molecular complexity index is 1190. The molecule has 3 heterocycles. The van der Waals surface area contributed by atoms with Gasteiger partial charge in [0.05, 0.1) is 11.3 Å². The van der Waals surface area contributed by atoms with Crippen molar-refractivity contribution in [2.45, 2.75) is 12.5 Å². The van der Waals surface area contributed by atoms with E-state index in [1.165, 1.54) is 6.20 Å².